The van der Waals surface area contributed by atoms with Crippen LogP contribution in [0.4, 0.5) is 18.0 Å². The standard InChI is InChI=1S/C18H25N3O3S.C7H4ClF3/c1-25-12-7-15-16(22)21(13-14-5-3-2-4-6-14)18(19-15)8-10-20(11-9-18)17(23)24;8-6-4-2-1-3-5(6)7(9,10)11/h2-6,15,19H,7-13H2,1H3,(H,23,24);1-4H. The molecule has 2 aliphatic rings. The number of halogens is 4. The molecule has 2 aromatic carbocycles. The van der Waals surface area contributed by atoms with Crippen LogP contribution >= 0.6 is 23.4 Å². The van der Waals surface area contributed by atoms with Crippen molar-refractivity contribution in [3.8, 4) is 0 Å². The number of carboxylic acid groups (broad SMARTS) is 1. The SMILES string of the molecule is CSCCC1NC2(CCN(C(=O)O)CC2)N(Cc2ccccc2)C1=O.FC(F)(F)c1ccccc1Cl. The van der Waals surface area contributed by atoms with Crippen molar-refractivity contribution in [3.05, 3.63) is 70.7 Å². The number of alkyl halides is 3. The first-order valence-corrected chi connectivity index (χ1v) is 13.3. The molecule has 196 valence electrons. The second-order valence-electron chi connectivity index (χ2n) is 8.67. The summed E-state index contributed by atoms with van der Waals surface area (Å²) in [4.78, 5) is 27.6. The quantitative estimate of drug-likeness (QED) is 0.516. The molecule has 1 atom stereocenters. The molecule has 2 aliphatic heterocycles. The van der Waals surface area contributed by atoms with Crippen molar-refractivity contribution in [3.63, 3.8) is 0 Å². The molecule has 2 fully saturated rings. The number of amides is 2. The molecule has 0 radical (unpaired) electrons. The summed E-state index contributed by atoms with van der Waals surface area (Å²) in [5, 5.41) is 12.5. The zero-order valence-electron chi connectivity index (χ0n) is 19.8. The number of nitrogens with one attached hydrogen (secondary N) is 1. The van der Waals surface area contributed by atoms with Gasteiger partial charge in [0.15, 0.2) is 0 Å². The fourth-order valence-corrected chi connectivity index (χ4v) is 5.18. The molecule has 4 rings (SSSR count). The molecule has 0 aliphatic carbocycles. The second-order valence-corrected chi connectivity index (χ2v) is 10.1. The van der Waals surface area contributed by atoms with E-state index in [1.807, 2.05) is 41.5 Å². The van der Waals surface area contributed by atoms with Gasteiger partial charge in [0, 0.05) is 32.5 Å². The maximum atomic E-state index is 13.0. The normalized spacial score (nSPS) is 19.2. The largest absolute Gasteiger partial charge is 0.465 e. The lowest BCUT2D eigenvalue weighted by Crippen LogP contribution is -2.59. The third kappa shape index (κ3) is 6.86. The molecule has 2 aromatic rings. The van der Waals surface area contributed by atoms with Crippen LogP contribution < -0.4 is 5.32 Å². The van der Waals surface area contributed by atoms with E-state index < -0.39 is 23.5 Å². The molecular formula is C25H29ClF3N3O3S. The van der Waals surface area contributed by atoms with Gasteiger partial charge in [-0.15, -0.1) is 0 Å². The van der Waals surface area contributed by atoms with E-state index in [9.17, 15) is 27.9 Å². The summed E-state index contributed by atoms with van der Waals surface area (Å²) in [7, 11) is 0. The molecule has 6 nitrogen and oxygen atoms in total. The first-order chi connectivity index (χ1) is 17.1. The van der Waals surface area contributed by atoms with Crippen molar-refractivity contribution in [2.24, 2.45) is 0 Å². The minimum Gasteiger partial charge on any atom is -0.465 e. The van der Waals surface area contributed by atoms with Gasteiger partial charge in [0.25, 0.3) is 0 Å². The Kier molecular flexibility index (Phi) is 9.54. The maximum absolute atomic E-state index is 13.0. The summed E-state index contributed by atoms with van der Waals surface area (Å²) in [5.41, 5.74) is -0.119. The number of likely N-dealkylation sites (tertiary alicyclic amines) is 1. The molecule has 0 saturated carbocycles. The second kappa shape index (κ2) is 12.2. The van der Waals surface area contributed by atoms with Crippen molar-refractivity contribution in [2.45, 2.75) is 43.7 Å². The number of carbonyl (C=O) groups excluding carboxylic acids is 1. The fourth-order valence-electron chi connectivity index (χ4n) is 4.46. The number of nitrogens with zero attached hydrogens (tertiary/aromatic N) is 2. The van der Waals surface area contributed by atoms with E-state index in [0.717, 1.165) is 23.8 Å². The predicted octanol–water partition coefficient (Wildman–Crippen LogP) is 5.57. The molecule has 36 heavy (non-hydrogen) atoms. The van der Waals surface area contributed by atoms with Gasteiger partial charge in [-0.2, -0.15) is 24.9 Å². The topological polar surface area (TPSA) is 72.9 Å². The highest BCUT2D eigenvalue weighted by Crippen LogP contribution is 2.35. The van der Waals surface area contributed by atoms with E-state index in [2.05, 4.69) is 5.32 Å². The molecule has 1 spiro atoms. The van der Waals surface area contributed by atoms with Gasteiger partial charge in [0.05, 0.1) is 22.3 Å². The lowest BCUT2D eigenvalue weighted by Gasteiger charge is -2.44. The Morgan fingerprint density at radius 3 is 2.28 bits per heavy atom. The van der Waals surface area contributed by atoms with Crippen LogP contribution in [-0.2, 0) is 17.5 Å². The van der Waals surface area contributed by atoms with Gasteiger partial charge in [-0.05, 0) is 36.1 Å². The van der Waals surface area contributed by atoms with Crippen LogP contribution in [0.25, 0.3) is 0 Å². The summed E-state index contributed by atoms with van der Waals surface area (Å²) >= 11 is 7.03. The monoisotopic (exact) mass is 543 g/mol. The molecule has 0 bridgehead atoms. The highest BCUT2D eigenvalue weighted by Gasteiger charge is 2.51. The lowest BCUT2D eigenvalue weighted by atomic mass is 9.95. The Morgan fingerprint density at radius 1 is 1.14 bits per heavy atom. The van der Waals surface area contributed by atoms with E-state index >= 15 is 0 Å². The third-order valence-corrected chi connectivity index (χ3v) is 7.33. The van der Waals surface area contributed by atoms with E-state index in [1.54, 1.807) is 11.8 Å². The Bertz CT molecular complexity index is 1030. The van der Waals surface area contributed by atoms with Crippen LogP contribution in [0.1, 0.15) is 30.4 Å². The molecule has 2 amide bonds. The Hall–Kier alpha value is -2.43. The van der Waals surface area contributed by atoms with Gasteiger partial charge in [0.1, 0.15) is 0 Å². The van der Waals surface area contributed by atoms with Crippen LogP contribution in [0.3, 0.4) is 0 Å². The zero-order chi connectivity index (χ0) is 26.3. The number of benzene rings is 2. The Labute approximate surface area is 217 Å². The predicted molar refractivity (Wildman–Crippen MR) is 135 cm³/mol. The van der Waals surface area contributed by atoms with Crippen molar-refractivity contribution < 1.29 is 27.9 Å². The van der Waals surface area contributed by atoms with Gasteiger partial charge >= 0.3 is 12.3 Å². The zero-order valence-corrected chi connectivity index (χ0v) is 21.4. The molecule has 2 heterocycles. The average Bonchev–Trinajstić information content (AvgIpc) is 3.09. The summed E-state index contributed by atoms with van der Waals surface area (Å²) in [5.74, 6) is 1.07. The molecule has 0 aromatic heterocycles. The Morgan fingerprint density at radius 2 is 1.75 bits per heavy atom. The van der Waals surface area contributed by atoms with Crippen molar-refractivity contribution in [2.75, 3.05) is 25.1 Å². The minimum absolute atomic E-state index is 0.140. The maximum Gasteiger partial charge on any atom is 0.417 e. The van der Waals surface area contributed by atoms with E-state index in [-0.39, 0.29) is 17.0 Å². The van der Waals surface area contributed by atoms with E-state index in [4.69, 9.17) is 11.6 Å². The molecule has 1 unspecified atom stereocenters. The van der Waals surface area contributed by atoms with Gasteiger partial charge < -0.3 is 14.9 Å². The van der Waals surface area contributed by atoms with Gasteiger partial charge in [-0.3, -0.25) is 10.1 Å². The number of hydrogen-bond acceptors (Lipinski definition) is 4. The lowest BCUT2D eigenvalue weighted by molar-refractivity contribution is -0.137. The van der Waals surface area contributed by atoms with E-state index in [1.165, 1.54) is 23.1 Å². The van der Waals surface area contributed by atoms with Crippen LogP contribution in [0, 0.1) is 0 Å². The first-order valence-electron chi connectivity index (χ1n) is 11.5. The van der Waals surface area contributed by atoms with Crippen molar-refractivity contribution in [1.82, 2.24) is 15.1 Å². The highest BCUT2D eigenvalue weighted by molar-refractivity contribution is 7.98. The summed E-state index contributed by atoms with van der Waals surface area (Å²) < 4.78 is 35.9. The summed E-state index contributed by atoms with van der Waals surface area (Å²) in [6.45, 7) is 1.47. The van der Waals surface area contributed by atoms with Crippen molar-refractivity contribution in [1.29, 1.82) is 0 Å². The minimum atomic E-state index is -4.35. The third-order valence-electron chi connectivity index (χ3n) is 6.36. The van der Waals surface area contributed by atoms with E-state index in [0.29, 0.717) is 32.5 Å². The molecular weight excluding hydrogens is 515 g/mol. The number of thioether (sulfide) groups is 1. The van der Waals surface area contributed by atoms with Crippen LogP contribution in [0.5, 0.6) is 0 Å². The van der Waals surface area contributed by atoms with Crippen molar-refractivity contribution >= 4 is 35.4 Å². The highest BCUT2D eigenvalue weighted by atomic mass is 35.5. The number of carbonyl (C=O) groups is 2. The van der Waals surface area contributed by atoms with Gasteiger partial charge in [0.2, 0.25) is 5.91 Å². The fraction of sp³-hybridized carbons (Fsp3) is 0.440. The van der Waals surface area contributed by atoms with Gasteiger partial charge in [-0.25, -0.2) is 4.79 Å². The molecule has 2 N–H and O–H groups in total. The number of piperidine rings is 1. The summed E-state index contributed by atoms with van der Waals surface area (Å²) in [6.07, 6.45) is -1.12. The van der Waals surface area contributed by atoms with Crippen LogP contribution in [0.2, 0.25) is 5.02 Å². The average molecular weight is 544 g/mol. The van der Waals surface area contributed by atoms with Crippen LogP contribution in [0.15, 0.2) is 54.6 Å². The summed E-state index contributed by atoms with van der Waals surface area (Å²) in [6, 6.07) is 14.7. The smallest absolute Gasteiger partial charge is 0.417 e. The van der Waals surface area contributed by atoms with Crippen LogP contribution in [-0.4, -0.2) is 63.7 Å². The Balaban J connectivity index is 0.000000275. The number of hydrogen-bond donors (Lipinski definition) is 2. The molecule has 2 saturated heterocycles. The molecule has 11 heteroatoms. The number of rotatable bonds is 5. The first kappa shape index (κ1) is 28.1. The van der Waals surface area contributed by atoms with Gasteiger partial charge in [-0.1, -0.05) is 54.1 Å².